The number of hydrogen-bond acceptors (Lipinski definition) is 5. The van der Waals surface area contributed by atoms with E-state index in [1.807, 2.05) is 13.8 Å². The van der Waals surface area contributed by atoms with Crippen molar-refractivity contribution in [3.05, 3.63) is 0 Å². The number of rotatable bonds is 8. The van der Waals surface area contributed by atoms with Crippen LogP contribution in [0, 0.1) is 23.7 Å². The Morgan fingerprint density at radius 3 is 1.90 bits per heavy atom. The van der Waals surface area contributed by atoms with E-state index in [1.165, 1.54) is 0 Å². The topological polar surface area (TPSA) is 122 Å². The monoisotopic (exact) mass is 408 g/mol. The lowest BCUT2D eigenvalue weighted by atomic mass is 9.85. The van der Waals surface area contributed by atoms with Gasteiger partial charge in [-0.15, -0.1) is 0 Å². The van der Waals surface area contributed by atoms with Crippen molar-refractivity contribution in [1.82, 2.24) is 10.6 Å². The number of carbonyl (C=O) groups is 4. The Bertz CT molecular complexity index is 652. The number of carboxylic acid groups (broad SMARTS) is 1. The molecule has 8 nitrogen and oxygen atoms in total. The van der Waals surface area contributed by atoms with Crippen molar-refractivity contribution < 1.29 is 29.0 Å². The third kappa shape index (κ3) is 4.73. The highest BCUT2D eigenvalue weighted by molar-refractivity contribution is 5.97. The van der Waals surface area contributed by atoms with Gasteiger partial charge in [-0.05, 0) is 43.4 Å². The maximum Gasteiger partial charge on any atom is 0.326 e. The Hall–Kier alpha value is -2.12. The molecule has 3 rings (SSSR count). The largest absolute Gasteiger partial charge is 0.480 e. The summed E-state index contributed by atoms with van der Waals surface area (Å²) in [5, 5.41) is 15.1. The summed E-state index contributed by atoms with van der Waals surface area (Å²) in [4.78, 5) is 49.2. The summed E-state index contributed by atoms with van der Waals surface area (Å²) < 4.78 is 5.04. The van der Waals surface area contributed by atoms with E-state index in [0.717, 1.165) is 51.4 Å². The molecule has 3 fully saturated rings. The fourth-order valence-corrected chi connectivity index (χ4v) is 5.01. The Kier molecular flexibility index (Phi) is 6.80. The molecular weight excluding hydrogens is 376 g/mol. The SMILES string of the molecule is CC(C)[C@@H]1C(=O)O[C@H]1C(=O)N[C@H](C(=O)N[C@H](C(=O)O)C1CCCC1)C1CCCC1. The Morgan fingerprint density at radius 2 is 1.45 bits per heavy atom. The maximum atomic E-state index is 13.0. The van der Waals surface area contributed by atoms with Crippen LogP contribution >= 0.6 is 0 Å². The quantitative estimate of drug-likeness (QED) is 0.525. The van der Waals surface area contributed by atoms with Crippen molar-refractivity contribution in [2.24, 2.45) is 23.7 Å². The highest BCUT2D eigenvalue weighted by atomic mass is 16.6. The minimum Gasteiger partial charge on any atom is -0.480 e. The fraction of sp³-hybridized carbons (Fsp3) is 0.810. The number of amides is 2. The normalized spacial score (nSPS) is 27.2. The molecule has 1 heterocycles. The van der Waals surface area contributed by atoms with Gasteiger partial charge in [0, 0.05) is 0 Å². The molecule has 2 saturated carbocycles. The molecule has 0 aromatic rings. The molecule has 0 bridgehead atoms. The number of esters is 1. The van der Waals surface area contributed by atoms with Crippen LogP contribution in [-0.2, 0) is 23.9 Å². The smallest absolute Gasteiger partial charge is 0.326 e. The molecule has 2 amide bonds. The van der Waals surface area contributed by atoms with Crippen molar-refractivity contribution in [3.63, 3.8) is 0 Å². The first-order valence-corrected chi connectivity index (χ1v) is 10.8. The molecule has 29 heavy (non-hydrogen) atoms. The molecule has 0 aromatic heterocycles. The number of carboxylic acids is 1. The molecular formula is C21H32N2O6. The summed E-state index contributed by atoms with van der Waals surface area (Å²) >= 11 is 0. The number of hydrogen-bond donors (Lipinski definition) is 3. The number of nitrogens with one attached hydrogen (secondary N) is 2. The van der Waals surface area contributed by atoms with Gasteiger partial charge in [0.05, 0.1) is 0 Å². The van der Waals surface area contributed by atoms with Gasteiger partial charge in [0.2, 0.25) is 5.91 Å². The molecule has 1 aliphatic heterocycles. The second-order valence-electron chi connectivity index (χ2n) is 9.03. The summed E-state index contributed by atoms with van der Waals surface area (Å²) in [6.45, 7) is 3.71. The van der Waals surface area contributed by atoms with Crippen molar-refractivity contribution >= 4 is 23.8 Å². The van der Waals surface area contributed by atoms with Gasteiger partial charge in [0.15, 0.2) is 6.10 Å². The van der Waals surface area contributed by atoms with Gasteiger partial charge < -0.3 is 20.5 Å². The Labute approximate surface area is 171 Å². The lowest BCUT2D eigenvalue weighted by Crippen LogP contribution is -2.61. The van der Waals surface area contributed by atoms with Gasteiger partial charge in [-0.2, -0.15) is 0 Å². The van der Waals surface area contributed by atoms with Crippen LogP contribution in [0.3, 0.4) is 0 Å². The molecule has 8 heteroatoms. The molecule has 0 spiro atoms. The summed E-state index contributed by atoms with van der Waals surface area (Å²) in [6.07, 6.45) is 6.18. The van der Waals surface area contributed by atoms with Crippen LogP contribution in [0.25, 0.3) is 0 Å². The second kappa shape index (κ2) is 9.13. The lowest BCUT2D eigenvalue weighted by molar-refractivity contribution is -0.193. The van der Waals surface area contributed by atoms with Crippen molar-refractivity contribution in [2.75, 3.05) is 0 Å². The summed E-state index contributed by atoms with van der Waals surface area (Å²) in [6, 6.07) is -1.74. The van der Waals surface area contributed by atoms with E-state index in [-0.39, 0.29) is 17.8 Å². The van der Waals surface area contributed by atoms with E-state index in [1.54, 1.807) is 0 Å². The molecule has 0 aromatic carbocycles. The van der Waals surface area contributed by atoms with E-state index in [9.17, 15) is 24.3 Å². The van der Waals surface area contributed by atoms with E-state index in [2.05, 4.69) is 10.6 Å². The first-order valence-electron chi connectivity index (χ1n) is 10.8. The average Bonchev–Trinajstić information content (AvgIpc) is 3.34. The number of cyclic esters (lactones) is 1. The third-order valence-electron chi connectivity index (χ3n) is 6.70. The molecule has 0 unspecified atom stereocenters. The van der Waals surface area contributed by atoms with Gasteiger partial charge in [-0.25, -0.2) is 4.79 Å². The summed E-state index contributed by atoms with van der Waals surface area (Å²) in [5.41, 5.74) is 0. The van der Waals surface area contributed by atoms with Crippen molar-refractivity contribution in [2.45, 2.75) is 83.4 Å². The van der Waals surface area contributed by atoms with Crippen LogP contribution in [0.15, 0.2) is 0 Å². The number of ether oxygens (including phenoxy) is 1. The van der Waals surface area contributed by atoms with Crippen LogP contribution in [0.2, 0.25) is 0 Å². The van der Waals surface area contributed by atoms with E-state index in [0.29, 0.717) is 0 Å². The Morgan fingerprint density at radius 1 is 0.931 bits per heavy atom. The summed E-state index contributed by atoms with van der Waals surface area (Å²) in [5.74, 6) is -3.00. The maximum absolute atomic E-state index is 13.0. The van der Waals surface area contributed by atoms with Crippen LogP contribution in [0.1, 0.15) is 65.2 Å². The van der Waals surface area contributed by atoms with Crippen molar-refractivity contribution in [1.29, 1.82) is 0 Å². The average molecular weight is 408 g/mol. The first kappa shape index (κ1) is 21.6. The first-order chi connectivity index (χ1) is 13.8. The highest BCUT2D eigenvalue weighted by Crippen LogP contribution is 2.32. The van der Waals surface area contributed by atoms with Crippen LogP contribution in [-0.4, -0.2) is 47.0 Å². The molecule has 3 N–H and O–H groups in total. The highest BCUT2D eigenvalue weighted by Gasteiger charge is 2.50. The molecule has 4 atom stereocenters. The zero-order valence-electron chi connectivity index (χ0n) is 17.2. The number of carbonyl (C=O) groups excluding carboxylic acids is 3. The molecule has 162 valence electrons. The van der Waals surface area contributed by atoms with Gasteiger partial charge >= 0.3 is 11.9 Å². The Balaban J connectivity index is 1.69. The molecule has 0 radical (unpaired) electrons. The van der Waals surface area contributed by atoms with Gasteiger partial charge in [-0.3, -0.25) is 14.4 Å². The minimum atomic E-state index is -1.03. The zero-order chi connectivity index (χ0) is 21.1. The standard InChI is InChI=1S/C21H32N2O6/c1-11(2)14-17(29-21(14)28)19(25)22-15(12-7-3-4-8-12)18(24)23-16(20(26)27)13-9-5-6-10-13/h11-17H,3-10H2,1-2H3,(H,22,25)(H,23,24)(H,26,27)/t14-,15-,16-,17+/m0/s1. The zero-order valence-corrected chi connectivity index (χ0v) is 17.2. The predicted molar refractivity (Wildman–Crippen MR) is 104 cm³/mol. The van der Waals surface area contributed by atoms with E-state index in [4.69, 9.17) is 4.74 Å². The van der Waals surface area contributed by atoms with Crippen LogP contribution in [0.5, 0.6) is 0 Å². The molecule has 2 aliphatic carbocycles. The predicted octanol–water partition coefficient (Wildman–Crippen LogP) is 1.62. The van der Waals surface area contributed by atoms with Gasteiger partial charge in [0.1, 0.15) is 18.0 Å². The minimum absolute atomic E-state index is 0.0368. The van der Waals surface area contributed by atoms with E-state index < -0.39 is 47.9 Å². The van der Waals surface area contributed by atoms with Gasteiger partial charge in [-0.1, -0.05) is 39.5 Å². The van der Waals surface area contributed by atoms with Crippen LogP contribution < -0.4 is 10.6 Å². The van der Waals surface area contributed by atoms with E-state index >= 15 is 0 Å². The van der Waals surface area contributed by atoms with Crippen molar-refractivity contribution in [3.8, 4) is 0 Å². The third-order valence-corrected chi connectivity index (χ3v) is 6.70. The lowest BCUT2D eigenvalue weighted by Gasteiger charge is -2.37. The molecule has 1 saturated heterocycles. The van der Waals surface area contributed by atoms with Gasteiger partial charge in [0.25, 0.3) is 5.91 Å². The number of aliphatic carboxylic acids is 1. The van der Waals surface area contributed by atoms with Crippen LogP contribution in [0.4, 0.5) is 0 Å². The summed E-state index contributed by atoms with van der Waals surface area (Å²) in [7, 11) is 0. The molecule has 3 aliphatic rings. The fourth-order valence-electron chi connectivity index (χ4n) is 5.01. The second-order valence-corrected chi connectivity index (χ2v) is 9.03.